The molecule has 0 bridgehead atoms. The van der Waals surface area contributed by atoms with Crippen molar-refractivity contribution >= 4 is 5.65 Å². The fourth-order valence-electron chi connectivity index (χ4n) is 4.10. The number of aryl methyl sites for hydroxylation is 1. The highest BCUT2D eigenvalue weighted by molar-refractivity contribution is 5.63. The number of nitrogens with zero attached hydrogens (tertiary/aromatic N) is 6. The van der Waals surface area contributed by atoms with Crippen molar-refractivity contribution < 1.29 is 0 Å². The highest BCUT2D eigenvalue weighted by Gasteiger charge is 2.25. The average Bonchev–Trinajstić information content (AvgIpc) is 3.18. The van der Waals surface area contributed by atoms with Crippen LogP contribution < -0.4 is 0 Å². The van der Waals surface area contributed by atoms with Crippen molar-refractivity contribution in [2.45, 2.75) is 32.2 Å². The van der Waals surface area contributed by atoms with E-state index in [-0.39, 0.29) is 0 Å². The lowest BCUT2D eigenvalue weighted by atomic mass is 9.97. The van der Waals surface area contributed by atoms with E-state index in [1.165, 1.54) is 0 Å². The normalized spacial score (nSPS) is 17.6. The van der Waals surface area contributed by atoms with Crippen molar-refractivity contribution in [3.63, 3.8) is 0 Å². The highest BCUT2D eigenvalue weighted by Crippen LogP contribution is 2.26. The Bertz CT molecular complexity index is 1120. The highest BCUT2D eigenvalue weighted by atomic mass is 15.3. The van der Waals surface area contributed by atoms with E-state index in [0.717, 1.165) is 66.5 Å². The molecule has 5 heterocycles. The smallest absolute Gasteiger partial charge is 0.156 e. The second-order valence-corrected chi connectivity index (χ2v) is 7.78. The number of pyridine rings is 3. The van der Waals surface area contributed by atoms with Gasteiger partial charge in [0.05, 0.1) is 5.69 Å². The molecule has 0 aliphatic carbocycles. The predicted molar refractivity (Wildman–Crippen MR) is 112 cm³/mol. The number of likely N-dealkylation sites (tertiary alicyclic amines) is 1. The Morgan fingerprint density at radius 3 is 2.86 bits per heavy atom. The van der Waals surface area contributed by atoms with Crippen molar-refractivity contribution in [1.82, 2.24) is 29.5 Å². The molecule has 1 saturated heterocycles. The number of fused-ring (bicyclic) bond motifs is 1. The van der Waals surface area contributed by atoms with Crippen molar-refractivity contribution in [2.24, 2.45) is 0 Å². The molecule has 1 fully saturated rings. The summed E-state index contributed by atoms with van der Waals surface area (Å²) >= 11 is 0. The zero-order valence-electron chi connectivity index (χ0n) is 16.6. The van der Waals surface area contributed by atoms with E-state index in [4.69, 9.17) is 10.1 Å². The minimum absolute atomic E-state index is 0.357. The fourth-order valence-corrected chi connectivity index (χ4v) is 4.10. The maximum atomic E-state index is 4.82. The first kappa shape index (κ1) is 17.9. The lowest BCUT2D eigenvalue weighted by Crippen LogP contribution is -2.34. The molecule has 1 atom stereocenters. The second-order valence-electron chi connectivity index (χ2n) is 7.78. The van der Waals surface area contributed by atoms with Gasteiger partial charge in [-0.15, -0.1) is 0 Å². The van der Waals surface area contributed by atoms with Gasteiger partial charge < -0.3 is 0 Å². The first-order valence-electron chi connectivity index (χ1n) is 10.2. The van der Waals surface area contributed by atoms with E-state index in [1.54, 1.807) is 6.20 Å². The molecule has 5 rings (SSSR count). The first-order chi connectivity index (χ1) is 14.2. The largest absolute Gasteiger partial charge is 0.297 e. The maximum absolute atomic E-state index is 4.82. The Hall–Kier alpha value is -3.12. The summed E-state index contributed by atoms with van der Waals surface area (Å²) in [6, 6.07) is 14.4. The van der Waals surface area contributed by atoms with Crippen molar-refractivity contribution in [3.05, 3.63) is 78.3 Å². The summed E-state index contributed by atoms with van der Waals surface area (Å²) in [6.45, 7) is 5.01. The van der Waals surface area contributed by atoms with Gasteiger partial charge in [0.1, 0.15) is 0 Å². The van der Waals surface area contributed by atoms with Crippen LogP contribution >= 0.6 is 0 Å². The molecule has 1 aliphatic heterocycles. The summed E-state index contributed by atoms with van der Waals surface area (Å²) in [6.07, 6.45) is 7.99. The van der Waals surface area contributed by atoms with E-state index in [1.807, 2.05) is 42.0 Å². The summed E-state index contributed by atoms with van der Waals surface area (Å²) in [4.78, 5) is 16.2. The molecule has 0 unspecified atom stereocenters. The van der Waals surface area contributed by atoms with Crippen LogP contribution in [0.1, 0.15) is 36.0 Å². The molecular weight excluding hydrogens is 360 g/mol. The SMILES string of the molecule is Cc1cccc(CN2CCC[C@@H](c3nc4ccc(-c5cccnc5)cn4n3)C2)n1. The number of aromatic nitrogens is 5. The standard InChI is InChI=1S/C23H24N6/c1-17-5-2-8-21(25-17)16-28-12-4-7-20(14-28)23-26-22-10-9-19(15-29(22)27-23)18-6-3-11-24-13-18/h2-3,5-6,8-11,13,15,20H,4,7,12,14,16H2,1H3/t20-/m1/s1. The maximum Gasteiger partial charge on any atom is 0.156 e. The Morgan fingerprint density at radius 2 is 2.00 bits per heavy atom. The van der Waals surface area contributed by atoms with Gasteiger partial charge in [-0.25, -0.2) is 9.50 Å². The molecule has 4 aromatic heterocycles. The summed E-state index contributed by atoms with van der Waals surface area (Å²) in [5.41, 5.74) is 5.28. The van der Waals surface area contributed by atoms with E-state index >= 15 is 0 Å². The zero-order chi connectivity index (χ0) is 19.6. The van der Waals surface area contributed by atoms with Gasteiger partial charge in [0.15, 0.2) is 11.5 Å². The number of hydrogen-bond donors (Lipinski definition) is 0. The molecule has 0 saturated carbocycles. The van der Waals surface area contributed by atoms with Crippen LogP contribution in [0.15, 0.2) is 61.1 Å². The quantitative estimate of drug-likeness (QED) is 0.534. The van der Waals surface area contributed by atoms with Gasteiger partial charge in [-0.05, 0) is 56.6 Å². The average molecular weight is 384 g/mol. The van der Waals surface area contributed by atoms with Crippen LogP contribution in [0.4, 0.5) is 0 Å². The second kappa shape index (κ2) is 7.72. The fraction of sp³-hybridized carbons (Fsp3) is 0.304. The Labute approximate surface area is 170 Å². The summed E-state index contributed by atoms with van der Waals surface area (Å²) in [5, 5.41) is 4.82. The van der Waals surface area contributed by atoms with Crippen LogP contribution in [-0.4, -0.2) is 42.6 Å². The van der Waals surface area contributed by atoms with Gasteiger partial charge in [0.25, 0.3) is 0 Å². The number of piperidine rings is 1. The molecule has 0 amide bonds. The predicted octanol–water partition coefficient (Wildman–Crippen LogP) is 3.87. The summed E-state index contributed by atoms with van der Waals surface area (Å²) in [7, 11) is 0. The van der Waals surface area contributed by atoms with Crippen molar-refractivity contribution in [3.8, 4) is 11.1 Å². The summed E-state index contributed by atoms with van der Waals surface area (Å²) in [5.74, 6) is 1.30. The third-order valence-electron chi connectivity index (χ3n) is 5.54. The topological polar surface area (TPSA) is 59.2 Å². The molecule has 0 radical (unpaired) electrons. The third kappa shape index (κ3) is 3.89. The molecule has 4 aromatic rings. The van der Waals surface area contributed by atoms with Crippen LogP contribution in [0, 0.1) is 6.92 Å². The zero-order valence-corrected chi connectivity index (χ0v) is 16.6. The van der Waals surface area contributed by atoms with E-state index < -0.39 is 0 Å². The Morgan fingerprint density at radius 1 is 1.03 bits per heavy atom. The van der Waals surface area contributed by atoms with Crippen LogP contribution in [0.2, 0.25) is 0 Å². The number of hydrogen-bond acceptors (Lipinski definition) is 5. The monoisotopic (exact) mass is 384 g/mol. The van der Waals surface area contributed by atoms with Gasteiger partial charge in [-0.2, -0.15) is 5.10 Å². The van der Waals surface area contributed by atoms with Crippen molar-refractivity contribution in [2.75, 3.05) is 13.1 Å². The van der Waals surface area contributed by atoms with Gasteiger partial charge in [-0.1, -0.05) is 12.1 Å². The van der Waals surface area contributed by atoms with Crippen molar-refractivity contribution in [1.29, 1.82) is 0 Å². The van der Waals surface area contributed by atoms with Crippen LogP contribution in [0.3, 0.4) is 0 Å². The van der Waals surface area contributed by atoms with Gasteiger partial charge in [-0.3, -0.25) is 14.9 Å². The molecule has 1 aliphatic rings. The third-order valence-corrected chi connectivity index (χ3v) is 5.54. The Kier molecular flexibility index (Phi) is 4.77. The van der Waals surface area contributed by atoms with Crippen LogP contribution in [0.25, 0.3) is 16.8 Å². The summed E-state index contributed by atoms with van der Waals surface area (Å²) < 4.78 is 1.90. The minimum atomic E-state index is 0.357. The lowest BCUT2D eigenvalue weighted by molar-refractivity contribution is 0.194. The van der Waals surface area contributed by atoms with E-state index in [2.05, 4.69) is 39.1 Å². The number of rotatable bonds is 4. The van der Waals surface area contributed by atoms with Gasteiger partial charge in [0, 0.05) is 54.4 Å². The molecule has 0 spiro atoms. The van der Waals surface area contributed by atoms with Crippen LogP contribution in [-0.2, 0) is 6.54 Å². The molecule has 29 heavy (non-hydrogen) atoms. The minimum Gasteiger partial charge on any atom is -0.297 e. The van der Waals surface area contributed by atoms with E-state index in [9.17, 15) is 0 Å². The van der Waals surface area contributed by atoms with Crippen LogP contribution in [0.5, 0.6) is 0 Å². The molecule has 0 aromatic carbocycles. The molecular formula is C23H24N6. The Balaban J connectivity index is 1.35. The molecule has 0 N–H and O–H groups in total. The first-order valence-corrected chi connectivity index (χ1v) is 10.2. The lowest BCUT2D eigenvalue weighted by Gasteiger charge is -2.31. The molecule has 6 nitrogen and oxygen atoms in total. The van der Waals surface area contributed by atoms with Gasteiger partial charge >= 0.3 is 0 Å². The molecule has 146 valence electrons. The van der Waals surface area contributed by atoms with Gasteiger partial charge in [0.2, 0.25) is 0 Å². The molecule has 6 heteroatoms. The van der Waals surface area contributed by atoms with E-state index in [0.29, 0.717) is 5.92 Å².